The number of aliphatic hydroxyl groups is 1. The second-order valence-corrected chi connectivity index (χ2v) is 9.96. The number of nitrogens with zero attached hydrogens (tertiary/aromatic N) is 2. The van der Waals surface area contributed by atoms with Crippen LogP contribution in [0.1, 0.15) is 34.6 Å². The van der Waals surface area contributed by atoms with E-state index in [-0.39, 0.29) is 25.5 Å². The van der Waals surface area contributed by atoms with Gasteiger partial charge in [-0.25, -0.2) is 9.18 Å². The van der Waals surface area contributed by atoms with Gasteiger partial charge in [-0.1, -0.05) is 78.9 Å². The van der Waals surface area contributed by atoms with Gasteiger partial charge in [0, 0.05) is 18.2 Å². The maximum Gasteiger partial charge on any atom is 0.351 e. The minimum atomic E-state index is -2.41. The van der Waals surface area contributed by atoms with E-state index in [9.17, 15) is 14.7 Å². The third kappa shape index (κ3) is 5.58. The Hall–Kier alpha value is -4.18. The molecule has 1 amide bonds. The van der Waals surface area contributed by atoms with Gasteiger partial charge in [-0.05, 0) is 36.2 Å². The lowest BCUT2D eigenvalue weighted by Crippen LogP contribution is -2.56. The van der Waals surface area contributed by atoms with Gasteiger partial charge in [-0.3, -0.25) is 9.36 Å². The maximum absolute atomic E-state index is 16.7. The quantitative estimate of drug-likeness (QED) is 0.326. The highest BCUT2D eigenvalue weighted by Crippen LogP contribution is 2.49. The van der Waals surface area contributed by atoms with Crippen molar-refractivity contribution in [2.75, 3.05) is 11.9 Å². The molecule has 0 aliphatic carbocycles. The standard InChI is InChI=1S/C31H30FN3O5/c1-30(32)28(35-18-17-26(34-29(35)37)33-27(36)24-15-9-4-10-16-24)40-25(21-39-20-23-13-7-3-8-14-23)31(30,38)19-22-11-5-2-6-12-22/h2-18,25,28,38H,19-21H2,1H3,(H,33,34,36,37)/t25-,28-,30-,31-/m1/s1. The Kier molecular flexibility index (Phi) is 7.88. The van der Waals surface area contributed by atoms with Gasteiger partial charge >= 0.3 is 5.69 Å². The van der Waals surface area contributed by atoms with Gasteiger partial charge in [0.2, 0.25) is 0 Å². The summed E-state index contributed by atoms with van der Waals surface area (Å²) in [6.07, 6.45) is -1.36. The zero-order valence-corrected chi connectivity index (χ0v) is 21.9. The van der Waals surface area contributed by atoms with Gasteiger partial charge < -0.3 is 19.9 Å². The van der Waals surface area contributed by atoms with E-state index in [0.717, 1.165) is 10.1 Å². The summed E-state index contributed by atoms with van der Waals surface area (Å²) < 4.78 is 29.6. The molecule has 9 heteroatoms. The zero-order valence-electron chi connectivity index (χ0n) is 21.9. The monoisotopic (exact) mass is 543 g/mol. The summed E-state index contributed by atoms with van der Waals surface area (Å²) in [6, 6.07) is 28.4. The average molecular weight is 544 g/mol. The van der Waals surface area contributed by atoms with Gasteiger partial charge in [-0.2, -0.15) is 4.98 Å². The number of halogens is 1. The molecule has 1 saturated heterocycles. The van der Waals surface area contributed by atoms with Crippen LogP contribution < -0.4 is 11.0 Å². The van der Waals surface area contributed by atoms with E-state index in [1.807, 2.05) is 36.4 Å². The second-order valence-electron chi connectivity index (χ2n) is 9.96. The molecule has 0 bridgehead atoms. The van der Waals surface area contributed by atoms with E-state index in [4.69, 9.17) is 9.47 Å². The second kappa shape index (κ2) is 11.5. The molecule has 1 aromatic heterocycles. The van der Waals surface area contributed by atoms with E-state index in [1.54, 1.807) is 54.6 Å². The summed E-state index contributed by atoms with van der Waals surface area (Å²) in [7, 11) is 0. The van der Waals surface area contributed by atoms with E-state index in [1.165, 1.54) is 19.2 Å². The molecule has 1 aliphatic rings. The molecule has 0 unspecified atom stereocenters. The fourth-order valence-electron chi connectivity index (χ4n) is 4.92. The number of carbonyl (C=O) groups excluding carboxylic acids is 1. The molecule has 3 aromatic carbocycles. The van der Waals surface area contributed by atoms with Crippen molar-refractivity contribution in [1.29, 1.82) is 0 Å². The summed E-state index contributed by atoms with van der Waals surface area (Å²) in [5.41, 5.74) is -3.27. The number of ether oxygens (including phenoxy) is 2. The Morgan fingerprint density at radius 1 is 1.00 bits per heavy atom. The Morgan fingerprint density at radius 2 is 1.60 bits per heavy atom. The minimum Gasteiger partial charge on any atom is -0.383 e. The molecule has 0 saturated carbocycles. The largest absolute Gasteiger partial charge is 0.383 e. The van der Waals surface area contributed by atoms with Crippen molar-refractivity contribution < 1.29 is 23.8 Å². The highest BCUT2D eigenvalue weighted by Gasteiger charge is 2.65. The highest BCUT2D eigenvalue weighted by atomic mass is 19.1. The van der Waals surface area contributed by atoms with Crippen LogP contribution in [0.3, 0.4) is 0 Å². The third-order valence-corrected chi connectivity index (χ3v) is 7.19. The van der Waals surface area contributed by atoms with Crippen LogP contribution in [0.25, 0.3) is 0 Å². The summed E-state index contributed by atoms with van der Waals surface area (Å²) in [6.45, 7) is 1.35. The van der Waals surface area contributed by atoms with Crippen molar-refractivity contribution in [3.05, 3.63) is 130 Å². The lowest BCUT2D eigenvalue weighted by molar-refractivity contribution is -0.112. The Bertz CT molecular complexity index is 1500. The summed E-state index contributed by atoms with van der Waals surface area (Å²) >= 11 is 0. The smallest absolute Gasteiger partial charge is 0.351 e. The summed E-state index contributed by atoms with van der Waals surface area (Å²) in [5, 5.41) is 14.5. The first kappa shape index (κ1) is 27.4. The van der Waals surface area contributed by atoms with Gasteiger partial charge in [0.1, 0.15) is 17.5 Å². The molecule has 2 N–H and O–H groups in total. The van der Waals surface area contributed by atoms with Crippen molar-refractivity contribution in [2.24, 2.45) is 0 Å². The van der Waals surface area contributed by atoms with Crippen LogP contribution in [0.5, 0.6) is 0 Å². The highest BCUT2D eigenvalue weighted by molar-refractivity contribution is 6.03. The number of anilines is 1. The number of rotatable bonds is 9. The SMILES string of the molecule is C[C@@]1(F)[C@H](n2ccc(NC(=O)c3ccccc3)nc2=O)O[C@H](COCc2ccccc2)[C@]1(O)Cc1ccccc1. The first-order valence-corrected chi connectivity index (χ1v) is 13.0. The number of hydrogen-bond donors (Lipinski definition) is 2. The summed E-state index contributed by atoms with van der Waals surface area (Å²) in [4.78, 5) is 29.5. The molecule has 1 fully saturated rings. The first-order chi connectivity index (χ1) is 19.3. The van der Waals surface area contributed by atoms with Crippen molar-refractivity contribution in [3.63, 3.8) is 0 Å². The third-order valence-electron chi connectivity index (χ3n) is 7.19. The summed E-state index contributed by atoms with van der Waals surface area (Å²) in [5.74, 6) is -0.429. The van der Waals surface area contributed by atoms with Gasteiger partial charge in [0.15, 0.2) is 11.9 Å². The predicted octanol–water partition coefficient (Wildman–Crippen LogP) is 4.31. The topological polar surface area (TPSA) is 103 Å². The van der Waals surface area contributed by atoms with E-state index in [0.29, 0.717) is 11.1 Å². The molecular formula is C31H30FN3O5. The van der Waals surface area contributed by atoms with Gasteiger partial charge in [0.05, 0.1) is 13.2 Å². The van der Waals surface area contributed by atoms with Crippen LogP contribution >= 0.6 is 0 Å². The lowest BCUT2D eigenvalue weighted by Gasteiger charge is -2.36. The van der Waals surface area contributed by atoms with Crippen LogP contribution in [-0.4, -0.2) is 44.5 Å². The average Bonchev–Trinajstić information content (AvgIpc) is 3.15. The van der Waals surface area contributed by atoms with Crippen LogP contribution in [0.15, 0.2) is 108 Å². The van der Waals surface area contributed by atoms with Crippen molar-refractivity contribution in [2.45, 2.75) is 43.6 Å². The molecular weight excluding hydrogens is 513 g/mol. The number of carbonyl (C=O) groups is 1. The number of nitrogens with one attached hydrogen (secondary N) is 1. The maximum atomic E-state index is 16.7. The van der Waals surface area contributed by atoms with Crippen LogP contribution in [0, 0.1) is 0 Å². The molecule has 4 atom stereocenters. The van der Waals surface area contributed by atoms with Crippen molar-refractivity contribution in [3.8, 4) is 0 Å². The van der Waals surface area contributed by atoms with Crippen molar-refractivity contribution in [1.82, 2.24) is 9.55 Å². The molecule has 2 heterocycles. The zero-order chi connectivity index (χ0) is 28.2. The molecule has 8 nitrogen and oxygen atoms in total. The molecule has 0 radical (unpaired) electrons. The predicted molar refractivity (Wildman–Crippen MR) is 148 cm³/mol. The molecule has 0 spiro atoms. The van der Waals surface area contributed by atoms with E-state index < -0.39 is 35.2 Å². The number of alkyl halides is 1. The van der Waals surface area contributed by atoms with Crippen LogP contribution in [-0.2, 0) is 22.5 Å². The minimum absolute atomic E-state index is 0.0101. The molecule has 5 rings (SSSR count). The number of benzene rings is 3. The normalized spacial score (nSPS) is 24.1. The molecule has 206 valence electrons. The number of aromatic nitrogens is 2. The van der Waals surface area contributed by atoms with E-state index in [2.05, 4.69) is 10.3 Å². The van der Waals surface area contributed by atoms with Crippen molar-refractivity contribution >= 4 is 11.7 Å². The number of amides is 1. The molecule has 4 aromatic rings. The first-order valence-electron chi connectivity index (χ1n) is 13.0. The lowest BCUT2D eigenvalue weighted by atomic mass is 9.78. The number of hydrogen-bond acceptors (Lipinski definition) is 6. The Balaban J connectivity index is 1.40. The fraction of sp³-hybridized carbons (Fsp3) is 0.258. The van der Waals surface area contributed by atoms with Crippen LogP contribution in [0.4, 0.5) is 10.2 Å². The van der Waals surface area contributed by atoms with Gasteiger partial charge in [-0.15, -0.1) is 0 Å². The molecule has 40 heavy (non-hydrogen) atoms. The Labute approximate surface area is 231 Å². The van der Waals surface area contributed by atoms with Crippen LogP contribution in [0.2, 0.25) is 0 Å². The Morgan fingerprint density at radius 3 is 2.23 bits per heavy atom. The molecule has 1 aliphatic heterocycles. The van der Waals surface area contributed by atoms with E-state index >= 15 is 4.39 Å². The van der Waals surface area contributed by atoms with Gasteiger partial charge in [0.25, 0.3) is 5.91 Å². The fourth-order valence-corrected chi connectivity index (χ4v) is 4.92.